The first-order valence-electron chi connectivity index (χ1n) is 9.24. The molecule has 3 rings (SSSR count). The smallest absolute Gasteiger partial charge is 0.175 e. The summed E-state index contributed by atoms with van der Waals surface area (Å²) in [7, 11) is 1.59. The van der Waals surface area contributed by atoms with Crippen molar-refractivity contribution in [3.05, 3.63) is 92.7 Å². The molecule has 0 spiro atoms. The minimum atomic E-state index is -0.288. The molecular formula is C23H23BrCl2FNO2. The topological polar surface area (TPSA) is 30.5 Å². The normalized spacial score (nSPS) is 10.4. The molecule has 3 nitrogen and oxygen atoms in total. The zero-order valence-electron chi connectivity index (χ0n) is 16.5. The SMILES string of the molecule is COc1cc(CNCCc2ccc(Cl)cc2)cc(Br)c1OCc1ccccc1F.Cl. The highest BCUT2D eigenvalue weighted by molar-refractivity contribution is 9.10. The summed E-state index contributed by atoms with van der Waals surface area (Å²) < 4.78 is 25.9. The van der Waals surface area contributed by atoms with E-state index in [-0.39, 0.29) is 24.8 Å². The first-order chi connectivity index (χ1) is 14.1. The quantitative estimate of drug-likeness (QED) is 0.327. The fourth-order valence-corrected chi connectivity index (χ4v) is 3.63. The molecule has 0 fully saturated rings. The van der Waals surface area contributed by atoms with Crippen molar-refractivity contribution in [3.63, 3.8) is 0 Å². The Morgan fingerprint density at radius 3 is 2.47 bits per heavy atom. The van der Waals surface area contributed by atoms with E-state index in [1.54, 1.807) is 25.3 Å². The van der Waals surface area contributed by atoms with E-state index >= 15 is 0 Å². The lowest BCUT2D eigenvalue weighted by Crippen LogP contribution is -2.16. The number of benzene rings is 3. The van der Waals surface area contributed by atoms with Gasteiger partial charge in [-0.1, -0.05) is 41.9 Å². The van der Waals surface area contributed by atoms with E-state index in [4.69, 9.17) is 21.1 Å². The van der Waals surface area contributed by atoms with E-state index in [0.29, 0.717) is 23.6 Å². The summed E-state index contributed by atoms with van der Waals surface area (Å²) in [5.41, 5.74) is 2.79. The van der Waals surface area contributed by atoms with Gasteiger partial charge in [0.25, 0.3) is 0 Å². The summed E-state index contributed by atoms with van der Waals surface area (Å²) in [6.45, 7) is 1.66. The Labute approximate surface area is 196 Å². The monoisotopic (exact) mass is 513 g/mol. The third-order valence-electron chi connectivity index (χ3n) is 4.45. The van der Waals surface area contributed by atoms with Crippen LogP contribution in [0.1, 0.15) is 16.7 Å². The Bertz CT molecular complexity index is 954. The van der Waals surface area contributed by atoms with Crippen LogP contribution in [0.3, 0.4) is 0 Å². The average Bonchev–Trinajstić information content (AvgIpc) is 2.72. The van der Waals surface area contributed by atoms with Crippen molar-refractivity contribution in [1.29, 1.82) is 0 Å². The van der Waals surface area contributed by atoms with Crippen LogP contribution in [0.5, 0.6) is 11.5 Å². The zero-order valence-corrected chi connectivity index (χ0v) is 19.6. The Balaban J connectivity index is 0.00000320. The molecule has 160 valence electrons. The molecule has 0 aliphatic heterocycles. The van der Waals surface area contributed by atoms with Gasteiger partial charge in [0.05, 0.1) is 11.6 Å². The predicted molar refractivity (Wildman–Crippen MR) is 126 cm³/mol. The van der Waals surface area contributed by atoms with Crippen LogP contribution in [0.4, 0.5) is 4.39 Å². The molecule has 0 bridgehead atoms. The maximum Gasteiger partial charge on any atom is 0.175 e. The van der Waals surface area contributed by atoms with Crippen molar-refractivity contribution >= 4 is 39.9 Å². The summed E-state index contributed by atoms with van der Waals surface area (Å²) in [5, 5.41) is 4.17. The van der Waals surface area contributed by atoms with E-state index in [2.05, 4.69) is 21.2 Å². The van der Waals surface area contributed by atoms with Gasteiger partial charge in [0.15, 0.2) is 11.5 Å². The van der Waals surface area contributed by atoms with E-state index in [1.165, 1.54) is 11.6 Å². The number of methoxy groups -OCH3 is 1. The van der Waals surface area contributed by atoms with Gasteiger partial charge in [0.1, 0.15) is 12.4 Å². The second-order valence-corrected chi connectivity index (χ2v) is 7.83. The number of nitrogens with one attached hydrogen (secondary N) is 1. The fraction of sp³-hybridized carbons (Fsp3) is 0.217. The molecule has 1 N–H and O–H groups in total. The highest BCUT2D eigenvalue weighted by Crippen LogP contribution is 2.37. The van der Waals surface area contributed by atoms with Gasteiger partial charge in [0.2, 0.25) is 0 Å². The molecule has 0 atom stereocenters. The first-order valence-corrected chi connectivity index (χ1v) is 10.4. The van der Waals surface area contributed by atoms with Crippen LogP contribution in [-0.4, -0.2) is 13.7 Å². The molecule has 3 aromatic carbocycles. The molecule has 0 radical (unpaired) electrons. The summed E-state index contributed by atoms with van der Waals surface area (Å²) in [5.74, 6) is 0.870. The highest BCUT2D eigenvalue weighted by atomic mass is 79.9. The average molecular weight is 515 g/mol. The third-order valence-corrected chi connectivity index (χ3v) is 5.29. The van der Waals surface area contributed by atoms with Crippen LogP contribution in [0.15, 0.2) is 65.1 Å². The molecule has 0 amide bonds. The molecule has 0 saturated carbocycles. The number of hydrogen-bond acceptors (Lipinski definition) is 3. The number of halogens is 4. The third kappa shape index (κ3) is 6.88. The van der Waals surface area contributed by atoms with Crippen molar-refractivity contribution in [2.75, 3.05) is 13.7 Å². The maximum atomic E-state index is 13.8. The number of rotatable bonds is 9. The summed E-state index contributed by atoms with van der Waals surface area (Å²) in [6, 6.07) is 18.3. The molecule has 0 saturated heterocycles. The van der Waals surface area contributed by atoms with Gasteiger partial charge < -0.3 is 14.8 Å². The minimum Gasteiger partial charge on any atom is -0.493 e. The van der Waals surface area contributed by atoms with Gasteiger partial charge >= 0.3 is 0 Å². The molecule has 7 heteroatoms. The van der Waals surface area contributed by atoms with Crippen LogP contribution < -0.4 is 14.8 Å². The Kier molecular flexibility index (Phi) is 9.92. The Morgan fingerprint density at radius 2 is 1.77 bits per heavy atom. The van der Waals surface area contributed by atoms with Crippen LogP contribution >= 0.6 is 39.9 Å². The zero-order chi connectivity index (χ0) is 20.6. The standard InChI is InChI=1S/C23H22BrClFNO2.ClH/c1-28-22-13-17(14-27-11-10-16-6-8-19(25)9-7-16)12-20(24)23(22)29-15-18-4-2-3-5-21(18)26;/h2-9,12-13,27H,10-11,14-15H2,1H3;1H. The Morgan fingerprint density at radius 1 is 1.03 bits per heavy atom. The number of ether oxygens (including phenoxy) is 2. The van der Waals surface area contributed by atoms with Crippen molar-refractivity contribution in [2.24, 2.45) is 0 Å². The van der Waals surface area contributed by atoms with Crippen molar-refractivity contribution in [3.8, 4) is 11.5 Å². The molecule has 30 heavy (non-hydrogen) atoms. The molecule has 0 unspecified atom stereocenters. The lowest BCUT2D eigenvalue weighted by atomic mass is 10.1. The second-order valence-electron chi connectivity index (χ2n) is 6.54. The molecular weight excluding hydrogens is 492 g/mol. The van der Waals surface area contributed by atoms with E-state index in [9.17, 15) is 4.39 Å². The predicted octanol–water partition coefficient (Wildman–Crippen LogP) is 6.58. The van der Waals surface area contributed by atoms with Crippen molar-refractivity contribution < 1.29 is 13.9 Å². The van der Waals surface area contributed by atoms with Crippen LogP contribution in [0.25, 0.3) is 0 Å². The van der Waals surface area contributed by atoms with Crippen molar-refractivity contribution in [2.45, 2.75) is 19.6 Å². The van der Waals surface area contributed by atoms with E-state index in [1.807, 2.05) is 36.4 Å². The van der Waals surface area contributed by atoms with Crippen LogP contribution in [0.2, 0.25) is 5.02 Å². The molecule has 0 heterocycles. The van der Waals surface area contributed by atoms with Gasteiger partial charge in [-0.2, -0.15) is 0 Å². The molecule has 3 aromatic rings. The second kappa shape index (κ2) is 12.2. The van der Waals surface area contributed by atoms with E-state index < -0.39 is 0 Å². The Hall–Kier alpha value is -1.79. The lowest BCUT2D eigenvalue weighted by molar-refractivity contribution is 0.277. The molecule has 0 aromatic heterocycles. The van der Waals surface area contributed by atoms with Gasteiger partial charge in [0, 0.05) is 17.1 Å². The lowest BCUT2D eigenvalue weighted by Gasteiger charge is -2.15. The minimum absolute atomic E-state index is 0. The maximum absolute atomic E-state index is 13.8. The van der Waals surface area contributed by atoms with Crippen LogP contribution in [0, 0.1) is 5.82 Å². The van der Waals surface area contributed by atoms with Crippen LogP contribution in [-0.2, 0) is 19.6 Å². The fourth-order valence-electron chi connectivity index (χ4n) is 2.90. The van der Waals surface area contributed by atoms with Gasteiger partial charge in [-0.25, -0.2) is 4.39 Å². The van der Waals surface area contributed by atoms with Gasteiger partial charge in [-0.15, -0.1) is 12.4 Å². The van der Waals surface area contributed by atoms with E-state index in [0.717, 1.165) is 28.0 Å². The summed E-state index contributed by atoms with van der Waals surface area (Å²) in [6.07, 6.45) is 0.916. The number of hydrogen-bond donors (Lipinski definition) is 1. The van der Waals surface area contributed by atoms with Crippen molar-refractivity contribution in [1.82, 2.24) is 5.32 Å². The first kappa shape index (κ1) is 24.5. The molecule has 0 aliphatic carbocycles. The van der Waals surface area contributed by atoms with Gasteiger partial charge in [-0.3, -0.25) is 0 Å². The summed E-state index contributed by atoms with van der Waals surface area (Å²) in [4.78, 5) is 0. The summed E-state index contributed by atoms with van der Waals surface area (Å²) >= 11 is 9.46. The highest BCUT2D eigenvalue weighted by Gasteiger charge is 2.13. The largest absolute Gasteiger partial charge is 0.493 e. The molecule has 0 aliphatic rings. The van der Waals surface area contributed by atoms with Gasteiger partial charge in [-0.05, 0) is 70.4 Å².